The number of sulfonamides is 1. The van der Waals surface area contributed by atoms with Gasteiger partial charge in [0.15, 0.2) is 0 Å². The minimum Gasteiger partial charge on any atom is -0.494 e. The number of nitro benzene ring substituents is 1. The van der Waals surface area contributed by atoms with Crippen LogP contribution in [0, 0.1) is 10.1 Å². The molecule has 0 saturated carbocycles. The van der Waals surface area contributed by atoms with Gasteiger partial charge in [0, 0.05) is 49.9 Å². The molecule has 0 bridgehead atoms. The summed E-state index contributed by atoms with van der Waals surface area (Å²) in [7, 11) is -3.87. The van der Waals surface area contributed by atoms with Crippen molar-refractivity contribution >= 4 is 33.3 Å². The highest BCUT2D eigenvalue weighted by Crippen LogP contribution is 2.22. The summed E-state index contributed by atoms with van der Waals surface area (Å²) in [4.78, 5) is 24.1. The Balaban J connectivity index is 1.38. The van der Waals surface area contributed by atoms with Crippen LogP contribution in [0.2, 0.25) is 5.02 Å². The number of rotatable bonds is 9. The van der Waals surface area contributed by atoms with Gasteiger partial charge in [-0.2, -0.15) is 4.31 Å². The highest BCUT2D eigenvalue weighted by molar-refractivity contribution is 7.89. The van der Waals surface area contributed by atoms with E-state index in [9.17, 15) is 23.3 Å². The molecule has 1 fully saturated rings. The molecule has 2 amide bonds. The molecule has 0 unspecified atom stereocenters. The number of piperazine rings is 1. The summed E-state index contributed by atoms with van der Waals surface area (Å²) in [5, 5.41) is 14.4. The normalized spacial score (nSPS) is 14.6. The van der Waals surface area contributed by atoms with Crippen molar-refractivity contribution in [3.63, 3.8) is 0 Å². The number of halogens is 1. The quantitative estimate of drug-likeness (QED) is 0.323. The van der Waals surface area contributed by atoms with Crippen molar-refractivity contribution in [1.29, 1.82) is 0 Å². The molecular formula is C21H25ClN4O6S. The molecule has 12 heteroatoms. The van der Waals surface area contributed by atoms with E-state index in [2.05, 4.69) is 5.32 Å². The summed E-state index contributed by atoms with van der Waals surface area (Å²) < 4.78 is 32.4. The van der Waals surface area contributed by atoms with Crippen molar-refractivity contribution in [2.45, 2.75) is 17.7 Å². The number of non-ortho nitro benzene ring substituents is 1. The lowest BCUT2D eigenvalue weighted by Crippen LogP contribution is -2.53. The fourth-order valence-corrected chi connectivity index (χ4v) is 4.88. The van der Waals surface area contributed by atoms with Crippen molar-refractivity contribution in [2.24, 2.45) is 0 Å². The van der Waals surface area contributed by atoms with Crippen LogP contribution in [0.25, 0.3) is 0 Å². The van der Waals surface area contributed by atoms with Crippen molar-refractivity contribution < 1.29 is 22.9 Å². The van der Waals surface area contributed by atoms with Gasteiger partial charge in [0.05, 0.1) is 16.4 Å². The van der Waals surface area contributed by atoms with Crippen molar-refractivity contribution in [2.75, 3.05) is 39.3 Å². The van der Waals surface area contributed by atoms with E-state index >= 15 is 0 Å². The van der Waals surface area contributed by atoms with Gasteiger partial charge in [0.1, 0.15) is 5.75 Å². The zero-order valence-electron chi connectivity index (χ0n) is 17.9. The molecule has 1 aliphatic rings. The van der Waals surface area contributed by atoms with E-state index in [0.717, 1.165) is 24.7 Å². The molecule has 1 aliphatic heterocycles. The molecule has 1 N–H and O–H groups in total. The van der Waals surface area contributed by atoms with Crippen molar-refractivity contribution in [3.05, 3.63) is 63.7 Å². The van der Waals surface area contributed by atoms with Crippen LogP contribution in [-0.4, -0.2) is 67.9 Å². The van der Waals surface area contributed by atoms with Crippen molar-refractivity contribution in [3.8, 4) is 5.75 Å². The zero-order chi connectivity index (χ0) is 23.8. The number of hydrogen-bond acceptors (Lipinski definition) is 6. The Hall–Kier alpha value is -2.89. The minimum atomic E-state index is -3.87. The molecule has 0 atom stereocenters. The predicted molar refractivity (Wildman–Crippen MR) is 123 cm³/mol. The van der Waals surface area contributed by atoms with E-state index in [1.54, 1.807) is 29.2 Å². The van der Waals surface area contributed by atoms with Gasteiger partial charge in [0.2, 0.25) is 10.0 Å². The molecule has 0 aliphatic carbocycles. The molecule has 0 spiro atoms. The Morgan fingerprint density at radius 1 is 1.09 bits per heavy atom. The Bertz CT molecular complexity index is 1070. The number of nitrogens with one attached hydrogen (secondary N) is 1. The number of nitro groups is 1. The van der Waals surface area contributed by atoms with Crippen LogP contribution in [0.5, 0.6) is 5.75 Å². The van der Waals surface area contributed by atoms with Crippen LogP contribution in [0.1, 0.15) is 12.8 Å². The van der Waals surface area contributed by atoms with E-state index in [0.29, 0.717) is 18.2 Å². The van der Waals surface area contributed by atoms with Crippen LogP contribution in [0.3, 0.4) is 0 Å². The third-order valence-corrected chi connectivity index (χ3v) is 7.27. The molecule has 33 heavy (non-hydrogen) atoms. The molecule has 2 aromatic carbocycles. The Kier molecular flexibility index (Phi) is 8.48. The molecule has 178 valence electrons. The average molecular weight is 497 g/mol. The third-order valence-electron chi connectivity index (χ3n) is 5.12. The first kappa shape index (κ1) is 24.7. The topological polar surface area (TPSA) is 122 Å². The number of carbonyl (C=O) groups excluding carboxylic acids is 1. The third kappa shape index (κ3) is 6.80. The molecular weight excluding hydrogens is 472 g/mol. The maximum atomic E-state index is 12.8. The van der Waals surface area contributed by atoms with Gasteiger partial charge in [-0.1, -0.05) is 17.7 Å². The lowest BCUT2D eigenvalue weighted by molar-refractivity contribution is -0.385. The second-order valence-corrected chi connectivity index (χ2v) is 9.76. The average Bonchev–Trinajstić information content (AvgIpc) is 2.82. The van der Waals surface area contributed by atoms with Crippen molar-refractivity contribution in [1.82, 2.24) is 14.5 Å². The van der Waals surface area contributed by atoms with E-state index in [1.165, 1.54) is 22.5 Å². The van der Waals surface area contributed by atoms with E-state index < -0.39 is 14.9 Å². The first-order valence-corrected chi connectivity index (χ1v) is 12.2. The number of hydrogen-bond donors (Lipinski definition) is 1. The molecule has 0 radical (unpaired) electrons. The fraction of sp³-hybridized carbons (Fsp3) is 0.381. The minimum absolute atomic E-state index is 0.118. The first-order valence-electron chi connectivity index (χ1n) is 10.4. The smallest absolute Gasteiger partial charge is 0.317 e. The Morgan fingerprint density at radius 3 is 2.45 bits per heavy atom. The summed E-state index contributed by atoms with van der Waals surface area (Å²) >= 11 is 5.83. The summed E-state index contributed by atoms with van der Waals surface area (Å²) in [6.07, 6.45) is 1.50. The number of carbonyl (C=O) groups is 1. The summed E-state index contributed by atoms with van der Waals surface area (Å²) in [5.74, 6) is 0.737. The molecule has 3 rings (SSSR count). The molecule has 1 heterocycles. The fourth-order valence-electron chi connectivity index (χ4n) is 3.29. The van der Waals surface area contributed by atoms with Gasteiger partial charge in [-0.25, -0.2) is 13.2 Å². The van der Waals surface area contributed by atoms with Crippen LogP contribution >= 0.6 is 11.6 Å². The predicted octanol–water partition coefficient (Wildman–Crippen LogP) is 3.12. The second kappa shape index (κ2) is 11.3. The van der Waals surface area contributed by atoms with Crippen LogP contribution in [-0.2, 0) is 10.0 Å². The monoisotopic (exact) mass is 496 g/mol. The second-order valence-electron chi connectivity index (χ2n) is 7.39. The summed E-state index contributed by atoms with van der Waals surface area (Å²) in [5.41, 5.74) is -0.285. The molecule has 10 nitrogen and oxygen atoms in total. The van der Waals surface area contributed by atoms with E-state index in [1.807, 2.05) is 0 Å². The van der Waals surface area contributed by atoms with Gasteiger partial charge < -0.3 is 15.0 Å². The SMILES string of the molecule is O=C(NCCCCOc1ccc(Cl)cc1)N1CCN(S(=O)(=O)c2cccc([N+](=O)[O-])c2)CC1. The van der Waals surface area contributed by atoms with Crippen LogP contribution in [0.4, 0.5) is 10.5 Å². The maximum absolute atomic E-state index is 12.8. The standard InChI is InChI=1S/C21H25ClN4O6S/c22-17-6-8-19(9-7-17)32-15-2-1-10-23-21(27)24-11-13-25(14-12-24)33(30,31)20-5-3-4-18(16-20)26(28)29/h3-9,16H,1-2,10-15H2,(H,23,27). The number of urea groups is 1. The number of nitrogens with zero attached hydrogens (tertiary/aromatic N) is 3. The first-order chi connectivity index (χ1) is 15.8. The Labute approximate surface area is 197 Å². The highest BCUT2D eigenvalue weighted by atomic mass is 35.5. The summed E-state index contributed by atoms with van der Waals surface area (Å²) in [6.45, 7) is 1.71. The van der Waals surface area contributed by atoms with Gasteiger partial charge in [-0.3, -0.25) is 10.1 Å². The maximum Gasteiger partial charge on any atom is 0.317 e. The van der Waals surface area contributed by atoms with E-state index in [4.69, 9.17) is 16.3 Å². The molecule has 2 aromatic rings. The number of unbranched alkanes of at least 4 members (excludes halogenated alkanes) is 1. The highest BCUT2D eigenvalue weighted by Gasteiger charge is 2.30. The summed E-state index contributed by atoms with van der Waals surface area (Å²) in [6, 6.07) is 11.8. The number of benzene rings is 2. The van der Waals surface area contributed by atoms with Gasteiger partial charge in [-0.05, 0) is 43.2 Å². The Morgan fingerprint density at radius 2 is 1.79 bits per heavy atom. The lowest BCUT2D eigenvalue weighted by atomic mass is 10.3. The van der Waals surface area contributed by atoms with Gasteiger partial charge in [0.25, 0.3) is 5.69 Å². The van der Waals surface area contributed by atoms with Crippen LogP contribution in [0.15, 0.2) is 53.4 Å². The molecule has 0 aromatic heterocycles. The van der Waals surface area contributed by atoms with Crippen LogP contribution < -0.4 is 10.1 Å². The number of amides is 2. The lowest BCUT2D eigenvalue weighted by Gasteiger charge is -2.34. The largest absolute Gasteiger partial charge is 0.494 e. The number of ether oxygens (including phenoxy) is 1. The molecule has 1 saturated heterocycles. The van der Waals surface area contributed by atoms with Gasteiger partial charge >= 0.3 is 6.03 Å². The zero-order valence-corrected chi connectivity index (χ0v) is 19.4. The van der Waals surface area contributed by atoms with Gasteiger partial charge in [-0.15, -0.1) is 0 Å². The van der Waals surface area contributed by atoms with E-state index in [-0.39, 0.29) is 42.8 Å².